The second-order valence-corrected chi connectivity index (χ2v) is 6.52. The van der Waals surface area contributed by atoms with Gasteiger partial charge in [0.2, 0.25) is 0 Å². The van der Waals surface area contributed by atoms with Crippen molar-refractivity contribution in [3.05, 3.63) is 28.5 Å². The number of carboxylic acid groups (broad SMARTS) is 1. The van der Waals surface area contributed by atoms with E-state index >= 15 is 0 Å². The number of carbonyl (C=O) groups is 1. The Morgan fingerprint density at radius 1 is 1.36 bits per heavy atom. The van der Waals surface area contributed by atoms with E-state index in [-0.39, 0.29) is 53.9 Å². The van der Waals surface area contributed by atoms with Crippen LogP contribution in [0, 0.1) is 11.6 Å². The van der Waals surface area contributed by atoms with Gasteiger partial charge in [0.05, 0.1) is 15.9 Å². The lowest BCUT2D eigenvalue weighted by molar-refractivity contribution is 0.130. The Morgan fingerprint density at radius 3 is 2.80 bits per heavy atom. The van der Waals surface area contributed by atoms with Crippen LogP contribution in [0.4, 0.5) is 19.4 Å². The fourth-order valence-electron chi connectivity index (χ4n) is 3.04. The van der Waals surface area contributed by atoms with Gasteiger partial charge in [-0.1, -0.05) is 0 Å². The summed E-state index contributed by atoms with van der Waals surface area (Å²) in [5.74, 6) is -1.18. The van der Waals surface area contributed by atoms with E-state index in [1.54, 1.807) is 4.90 Å². The third-order valence-electron chi connectivity index (χ3n) is 4.22. The van der Waals surface area contributed by atoms with Crippen molar-refractivity contribution >= 4 is 38.7 Å². The number of amides is 1. The zero-order valence-electron chi connectivity index (χ0n) is 13.0. The number of aromatic nitrogens is 2. The van der Waals surface area contributed by atoms with E-state index in [2.05, 4.69) is 25.9 Å². The summed E-state index contributed by atoms with van der Waals surface area (Å²) in [5, 5.41) is 18.4. The molecular formula is C15H15BrF2N4O3. The normalized spacial score (nSPS) is 18.0. The van der Waals surface area contributed by atoms with E-state index in [4.69, 9.17) is 5.11 Å². The molecule has 1 aliphatic heterocycles. The van der Waals surface area contributed by atoms with E-state index in [1.165, 1.54) is 4.90 Å². The van der Waals surface area contributed by atoms with Gasteiger partial charge in [-0.15, -0.1) is 0 Å². The van der Waals surface area contributed by atoms with E-state index in [0.717, 1.165) is 12.4 Å². The second-order valence-electron chi connectivity index (χ2n) is 5.66. The molecule has 0 unspecified atom stereocenters. The maximum atomic E-state index is 14.5. The number of fused-ring (bicyclic) bond motifs is 1. The Balaban J connectivity index is 2.08. The first-order valence-electron chi connectivity index (χ1n) is 7.57. The first-order chi connectivity index (χ1) is 11.9. The first-order valence-corrected chi connectivity index (χ1v) is 8.37. The predicted octanol–water partition coefficient (Wildman–Crippen LogP) is 2.22. The number of aliphatic hydroxyl groups excluding tert-OH is 1. The van der Waals surface area contributed by atoms with Gasteiger partial charge in [-0.2, -0.15) is 0 Å². The van der Waals surface area contributed by atoms with Crippen LogP contribution in [0.3, 0.4) is 0 Å². The quantitative estimate of drug-likeness (QED) is 0.745. The Kier molecular flexibility index (Phi) is 5.00. The van der Waals surface area contributed by atoms with Crippen LogP contribution >= 0.6 is 15.9 Å². The predicted molar refractivity (Wildman–Crippen MR) is 89.6 cm³/mol. The molecule has 25 heavy (non-hydrogen) atoms. The number of nitrogens with zero attached hydrogens (tertiary/aromatic N) is 4. The van der Waals surface area contributed by atoms with Crippen molar-refractivity contribution in [3.63, 3.8) is 0 Å². The molecular weight excluding hydrogens is 402 g/mol. The van der Waals surface area contributed by atoms with Crippen LogP contribution in [0.15, 0.2) is 16.9 Å². The average Bonchev–Trinajstić information content (AvgIpc) is 2.59. The minimum atomic E-state index is -1.06. The Morgan fingerprint density at radius 2 is 2.12 bits per heavy atom. The molecule has 1 aromatic carbocycles. The van der Waals surface area contributed by atoms with Crippen LogP contribution in [0.2, 0.25) is 0 Å². The molecule has 2 aromatic rings. The molecule has 10 heteroatoms. The Hall–Kier alpha value is -2.07. The smallest absolute Gasteiger partial charge is 0.407 e. The summed E-state index contributed by atoms with van der Waals surface area (Å²) in [6, 6.07) is 0.609. The SMILES string of the molecule is O=C(O)N1CCN(c2ncnc3c(F)c(Br)cc(F)c23)[C@@H](CCO)C1. The summed E-state index contributed by atoms with van der Waals surface area (Å²) >= 11 is 2.95. The first kappa shape index (κ1) is 17.7. The van der Waals surface area contributed by atoms with Crippen molar-refractivity contribution in [1.29, 1.82) is 0 Å². The molecule has 134 valence electrons. The van der Waals surface area contributed by atoms with E-state index in [0.29, 0.717) is 0 Å². The van der Waals surface area contributed by atoms with E-state index in [1.807, 2.05) is 0 Å². The highest BCUT2D eigenvalue weighted by Crippen LogP contribution is 2.33. The molecule has 1 amide bonds. The zero-order chi connectivity index (χ0) is 18.1. The lowest BCUT2D eigenvalue weighted by Crippen LogP contribution is -2.55. The summed E-state index contributed by atoms with van der Waals surface area (Å²) in [6.07, 6.45) is 0.360. The number of halogens is 3. The lowest BCUT2D eigenvalue weighted by atomic mass is 10.1. The second kappa shape index (κ2) is 7.04. The summed E-state index contributed by atoms with van der Waals surface area (Å²) in [6.45, 7) is 0.422. The van der Waals surface area contributed by atoms with E-state index < -0.39 is 23.8 Å². The lowest BCUT2D eigenvalue weighted by Gasteiger charge is -2.41. The van der Waals surface area contributed by atoms with Gasteiger partial charge in [0.1, 0.15) is 23.5 Å². The molecule has 0 radical (unpaired) electrons. The third-order valence-corrected chi connectivity index (χ3v) is 4.80. The number of anilines is 1. The van der Waals surface area contributed by atoms with Crippen molar-refractivity contribution in [3.8, 4) is 0 Å². The molecule has 0 bridgehead atoms. The Labute approximate surface area is 150 Å². The summed E-state index contributed by atoms with van der Waals surface area (Å²) in [4.78, 5) is 22.1. The standard InChI is InChI=1S/C15H15BrF2N4O3/c16-9-5-10(17)11-13(12(9)18)19-7-20-14(11)22-3-2-21(15(24)25)6-8(22)1-4-23/h5,7-8,23H,1-4,6H2,(H,24,25)/t8-/m0/s1. The molecule has 0 aliphatic carbocycles. The molecule has 3 rings (SSSR count). The minimum Gasteiger partial charge on any atom is -0.465 e. The van der Waals surface area contributed by atoms with Gasteiger partial charge in [-0.3, -0.25) is 0 Å². The van der Waals surface area contributed by atoms with Crippen molar-refractivity contribution in [2.75, 3.05) is 31.1 Å². The van der Waals surface area contributed by atoms with Crippen molar-refractivity contribution in [2.45, 2.75) is 12.5 Å². The summed E-state index contributed by atoms with van der Waals surface area (Å²) in [5.41, 5.74) is -0.153. The van der Waals surface area contributed by atoms with Gasteiger partial charge in [-0.05, 0) is 28.4 Å². The number of piperazine rings is 1. The molecule has 2 heterocycles. The zero-order valence-corrected chi connectivity index (χ0v) is 14.6. The molecule has 0 saturated carbocycles. The Bertz CT molecular complexity index is 823. The number of rotatable bonds is 3. The van der Waals surface area contributed by atoms with Crippen LogP contribution in [0.1, 0.15) is 6.42 Å². The molecule has 1 aromatic heterocycles. The molecule has 2 N–H and O–H groups in total. The maximum Gasteiger partial charge on any atom is 0.407 e. The van der Waals surface area contributed by atoms with E-state index in [9.17, 15) is 18.7 Å². The van der Waals surface area contributed by atoms with Gasteiger partial charge >= 0.3 is 6.09 Å². The summed E-state index contributed by atoms with van der Waals surface area (Å²) < 4.78 is 28.8. The number of hydrogen-bond donors (Lipinski definition) is 2. The van der Waals surface area contributed by atoms with Crippen LogP contribution in [0.25, 0.3) is 10.9 Å². The molecule has 1 atom stereocenters. The fraction of sp³-hybridized carbons (Fsp3) is 0.400. The van der Waals surface area contributed by atoms with Crippen molar-refractivity contribution < 1.29 is 23.8 Å². The number of aliphatic hydroxyl groups is 1. The van der Waals surface area contributed by atoms with Crippen LogP contribution < -0.4 is 4.90 Å². The number of hydrogen-bond acceptors (Lipinski definition) is 5. The molecule has 7 nitrogen and oxygen atoms in total. The van der Waals surface area contributed by atoms with Gasteiger partial charge < -0.3 is 20.0 Å². The highest BCUT2D eigenvalue weighted by molar-refractivity contribution is 9.10. The highest BCUT2D eigenvalue weighted by atomic mass is 79.9. The van der Waals surface area contributed by atoms with Crippen LogP contribution in [0.5, 0.6) is 0 Å². The van der Waals surface area contributed by atoms with Crippen LogP contribution in [-0.2, 0) is 0 Å². The topological polar surface area (TPSA) is 89.8 Å². The fourth-order valence-corrected chi connectivity index (χ4v) is 3.43. The largest absolute Gasteiger partial charge is 0.465 e. The monoisotopic (exact) mass is 416 g/mol. The highest BCUT2D eigenvalue weighted by Gasteiger charge is 2.32. The van der Waals surface area contributed by atoms with Gasteiger partial charge in [-0.25, -0.2) is 23.5 Å². The molecule has 0 spiro atoms. The van der Waals surface area contributed by atoms with Crippen molar-refractivity contribution in [2.24, 2.45) is 0 Å². The van der Waals surface area contributed by atoms with Gasteiger partial charge in [0.25, 0.3) is 0 Å². The average molecular weight is 417 g/mol. The van der Waals surface area contributed by atoms with Gasteiger partial charge in [0.15, 0.2) is 5.82 Å². The molecule has 1 saturated heterocycles. The molecule has 1 aliphatic rings. The summed E-state index contributed by atoms with van der Waals surface area (Å²) in [7, 11) is 0. The van der Waals surface area contributed by atoms with Crippen LogP contribution in [-0.4, -0.2) is 63.5 Å². The molecule has 1 fully saturated rings. The van der Waals surface area contributed by atoms with Crippen molar-refractivity contribution in [1.82, 2.24) is 14.9 Å². The van der Waals surface area contributed by atoms with Gasteiger partial charge in [0, 0.05) is 26.2 Å². The maximum absolute atomic E-state index is 14.5. The minimum absolute atomic E-state index is 0.0373. The third kappa shape index (κ3) is 3.23. The number of benzene rings is 1.